The molecular weight excluding hydrogens is 861 g/mol. The van der Waals surface area contributed by atoms with Crippen molar-refractivity contribution in [3.8, 4) is 0 Å². The average molecular weight is 976 g/mol. The second kappa shape index (κ2) is 60.4. The van der Waals surface area contributed by atoms with Crippen molar-refractivity contribution in [2.75, 3.05) is 13.2 Å². The summed E-state index contributed by atoms with van der Waals surface area (Å²) in [6, 6.07) is 0. The molecule has 0 aromatic carbocycles. The van der Waals surface area contributed by atoms with Gasteiger partial charge in [-0.3, -0.25) is 9.59 Å². The number of allylic oxidation sites excluding steroid dienone is 14. The van der Waals surface area contributed by atoms with E-state index in [1.165, 1.54) is 193 Å². The minimum absolute atomic E-state index is 0.0699. The van der Waals surface area contributed by atoms with Crippen molar-refractivity contribution in [3.63, 3.8) is 0 Å². The van der Waals surface area contributed by atoms with Gasteiger partial charge in [0.1, 0.15) is 6.61 Å². The first-order valence-corrected chi connectivity index (χ1v) is 30.1. The van der Waals surface area contributed by atoms with E-state index < -0.39 is 6.10 Å². The largest absolute Gasteiger partial charge is 0.462 e. The molecule has 0 aromatic rings. The highest BCUT2D eigenvalue weighted by Gasteiger charge is 2.16. The molecule has 0 aromatic heterocycles. The molecule has 0 aliphatic carbocycles. The van der Waals surface area contributed by atoms with Gasteiger partial charge in [0.2, 0.25) is 0 Å². The molecule has 0 bridgehead atoms. The molecule has 0 spiro atoms. The van der Waals surface area contributed by atoms with Crippen LogP contribution in [0.4, 0.5) is 0 Å². The van der Waals surface area contributed by atoms with Gasteiger partial charge in [0.05, 0.1) is 6.61 Å². The number of rotatable bonds is 55. The summed E-state index contributed by atoms with van der Waals surface area (Å²) in [6.45, 7) is 4.04. The summed E-state index contributed by atoms with van der Waals surface area (Å²) in [5.41, 5.74) is 0. The molecule has 0 fully saturated rings. The van der Waals surface area contributed by atoms with E-state index in [1.807, 2.05) is 0 Å². The normalized spacial score (nSPS) is 12.8. The number of ether oxygens (including phenoxy) is 2. The van der Waals surface area contributed by atoms with Gasteiger partial charge >= 0.3 is 11.9 Å². The van der Waals surface area contributed by atoms with Crippen molar-refractivity contribution in [1.82, 2.24) is 0 Å². The van der Waals surface area contributed by atoms with Crippen LogP contribution >= 0.6 is 0 Å². The Morgan fingerprint density at radius 2 is 0.614 bits per heavy atom. The van der Waals surface area contributed by atoms with Crippen LogP contribution in [0.15, 0.2) is 85.1 Å². The molecule has 0 aliphatic heterocycles. The average Bonchev–Trinajstić information content (AvgIpc) is 3.36. The van der Waals surface area contributed by atoms with Crippen LogP contribution in [-0.4, -0.2) is 36.4 Å². The molecule has 5 heteroatoms. The smallest absolute Gasteiger partial charge is 0.306 e. The van der Waals surface area contributed by atoms with E-state index >= 15 is 0 Å². The third-order valence-corrected chi connectivity index (χ3v) is 13.2. The molecule has 404 valence electrons. The van der Waals surface area contributed by atoms with Crippen molar-refractivity contribution >= 4 is 11.9 Å². The number of carbonyl (C=O) groups excluding carboxylic acids is 2. The van der Waals surface area contributed by atoms with Crippen LogP contribution in [0, 0.1) is 0 Å². The summed E-state index contributed by atoms with van der Waals surface area (Å²) in [6.07, 6.45) is 84.3. The highest BCUT2D eigenvalue weighted by molar-refractivity contribution is 5.70. The van der Waals surface area contributed by atoms with E-state index in [1.54, 1.807) is 0 Å². The van der Waals surface area contributed by atoms with Gasteiger partial charge in [-0.25, -0.2) is 0 Å². The maximum atomic E-state index is 12.3. The standard InChI is InChI=1S/C65H114O5/c1-3-5-7-9-11-13-15-17-19-21-23-25-27-28-29-30-31-32-33-34-35-36-38-40-42-44-46-48-50-52-54-56-58-60-65(68)70-63(61-66)62-69-64(67)59-57-55-53-51-49-47-45-43-41-39-37-26-24-22-20-18-16-14-12-10-8-6-4-2/h5,7,11,13,16-19,22-25,37,39,63,66H,3-4,6,8-10,12,14-15,20-21,26-36,38,40-62H2,1-2H3/b7-5-,13-11-,18-16-,19-17-,24-22-,25-23-,39-37-. The Bertz CT molecular complexity index is 1290. The summed E-state index contributed by atoms with van der Waals surface area (Å²) in [5, 5.41) is 9.67. The molecule has 0 radical (unpaired) electrons. The van der Waals surface area contributed by atoms with Crippen molar-refractivity contribution in [1.29, 1.82) is 0 Å². The van der Waals surface area contributed by atoms with E-state index in [9.17, 15) is 14.7 Å². The summed E-state index contributed by atoms with van der Waals surface area (Å²) >= 11 is 0. The zero-order chi connectivity index (χ0) is 50.6. The number of aliphatic hydroxyl groups is 1. The molecule has 1 N–H and O–H groups in total. The number of esters is 2. The predicted molar refractivity (Wildman–Crippen MR) is 306 cm³/mol. The van der Waals surface area contributed by atoms with E-state index in [0.29, 0.717) is 12.8 Å². The van der Waals surface area contributed by atoms with Crippen LogP contribution < -0.4 is 0 Å². The van der Waals surface area contributed by atoms with Gasteiger partial charge in [-0.15, -0.1) is 0 Å². The lowest BCUT2D eigenvalue weighted by Crippen LogP contribution is -2.28. The minimum Gasteiger partial charge on any atom is -0.462 e. The Morgan fingerprint density at radius 1 is 0.343 bits per heavy atom. The first kappa shape index (κ1) is 67.1. The van der Waals surface area contributed by atoms with Crippen LogP contribution in [-0.2, 0) is 19.1 Å². The van der Waals surface area contributed by atoms with E-state index in [0.717, 1.165) is 77.0 Å². The Labute approximate surface area is 435 Å². The van der Waals surface area contributed by atoms with Gasteiger partial charge in [-0.05, 0) is 89.9 Å². The SMILES string of the molecule is CC/C=C\C/C=C\C/C=C\C/C=C\CCCCCCCCCCCCCCCCCCCCCCC(=O)OC(CO)COC(=O)CCCCCCCCCC/C=C\C/C=C\C/C=C\CCCCCCC. The predicted octanol–water partition coefficient (Wildman–Crippen LogP) is 20.5. The van der Waals surface area contributed by atoms with Gasteiger partial charge in [-0.1, -0.05) is 279 Å². The van der Waals surface area contributed by atoms with Gasteiger partial charge in [0.25, 0.3) is 0 Å². The molecule has 0 aliphatic rings. The minimum atomic E-state index is -0.778. The lowest BCUT2D eigenvalue weighted by molar-refractivity contribution is -0.161. The summed E-state index contributed by atoms with van der Waals surface area (Å²) in [5.74, 6) is -0.590. The molecule has 0 amide bonds. The highest BCUT2D eigenvalue weighted by Crippen LogP contribution is 2.17. The highest BCUT2D eigenvalue weighted by atomic mass is 16.6. The Morgan fingerprint density at radius 3 is 0.929 bits per heavy atom. The van der Waals surface area contributed by atoms with Crippen molar-refractivity contribution < 1.29 is 24.2 Å². The molecule has 1 atom stereocenters. The fraction of sp³-hybridized carbons (Fsp3) is 0.754. The fourth-order valence-electron chi connectivity index (χ4n) is 8.67. The van der Waals surface area contributed by atoms with E-state index in [4.69, 9.17) is 9.47 Å². The van der Waals surface area contributed by atoms with Crippen molar-refractivity contribution in [3.05, 3.63) is 85.1 Å². The van der Waals surface area contributed by atoms with E-state index in [-0.39, 0.29) is 25.2 Å². The number of unbranched alkanes of at least 4 members (excludes halogenated alkanes) is 33. The molecule has 0 heterocycles. The summed E-state index contributed by atoms with van der Waals surface area (Å²) in [7, 11) is 0. The number of hydrogen-bond donors (Lipinski definition) is 1. The van der Waals surface area contributed by atoms with Crippen LogP contribution in [0.25, 0.3) is 0 Å². The van der Waals surface area contributed by atoms with Crippen LogP contribution in [0.5, 0.6) is 0 Å². The van der Waals surface area contributed by atoms with Crippen molar-refractivity contribution in [2.45, 2.75) is 302 Å². The second-order valence-corrected chi connectivity index (χ2v) is 20.0. The molecule has 0 saturated carbocycles. The lowest BCUT2D eigenvalue weighted by Gasteiger charge is -2.15. The summed E-state index contributed by atoms with van der Waals surface area (Å²) < 4.78 is 10.7. The zero-order valence-corrected chi connectivity index (χ0v) is 46.3. The Balaban J connectivity index is 3.46. The topological polar surface area (TPSA) is 72.8 Å². The number of aliphatic hydroxyl groups excluding tert-OH is 1. The molecule has 1 unspecified atom stereocenters. The monoisotopic (exact) mass is 975 g/mol. The lowest BCUT2D eigenvalue weighted by atomic mass is 10.0. The molecule has 70 heavy (non-hydrogen) atoms. The Kier molecular flexibility index (Phi) is 57.9. The third-order valence-electron chi connectivity index (χ3n) is 13.2. The number of carbonyl (C=O) groups is 2. The molecular formula is C65H114O5. The van der Waals surface area contributed by atoms with Gasteiger partial charge in [0.15, 0.2) is 6.10 Å². The van der Waals surface area contributed by atoms with Crippen LogP contribution in [0.2, 0.25) is 0 Å². The quantitative estimate of drug-likeness (QED) is 0.0373. The maximum absolute atomic E-state index is 12.3. The van der Waals surface area contributed by atoms with Crippen LogP contribution in [0.3, 0.4) is 0 Å². The van der Waals surface area contributed by atoms with Crippen LogP contribution in [0.1, 0.15) is 296 Å². The van der Waals surface area contributed by atoms with Gasteiger partial charge in [0, 0.05) is 12.8 Å². The second-order valence-electron chi connectivity index (χ2n) is 20.0. The fourth-order valence-corrected chi connectivity index (χ4v) is 8.67. The third kappa shape index (κ3) is 57.7. The number of hydrogen-bond acceptors (Lipinski definition) is 5. The Hall–Kier alpha value is -2.92. The van der Waals surface area contributed by atoms with Gasteiger partial charge in [-0.2, -0.15) is 0 Å². The first-order chi connectivity index (χ1) is 34.6. The van der Waals surface area contributed by atoms with Crippen molar-refractivity contribution in [2.24, 2.45) is 0 Å². The molecule has 5 nitrogen and oxygen atoms in total. The zero-order valence-electron chi connectivity index (χ0n) is 46.3. The molecule has 0 rings (SSSR count). The first-order valence-electron chi connectivity index (χ1n) is 30.1. The van der Waals surface area contributed by atoms with Gasteiger partial charge < -0.3 is 14.6 Å². The van der Waals surface area contributed by atoms with E-state index in [2.05, 4.69) is 98.9 Å². The maximum Gasteiger partial charge on any atom is 0.306 e. The summed E-state index contributed by atoms with van der Waals surface area (Å²) in [4.78, 5) is 24.6. The molecule has 0 saturated heterocycles.